The summed E-state index contributed by atoms with van der Waals surface area (Å²) in [6.45, 7) is 0.990. The fourth-order valence-electron chi connectivity index (χ4n) is 2.72. The maximum atomic E-state index is 12.2. The summed E-state index contributed by atoms with van der Waals surface area (Å²) in [6.07, 6.45) is 0.893. The van der Waals surface area contributed by atoms with Gasteiger partial charge in [0.2, 0.25) is 0 Å². The lowest BCUT2D eigenvalue weighted by molar-refractivity contribution is -0.147. The van der Waals surface area contributed by atoms with Crippen LogP contribution < -0.4 is 5.32 Å². The molecular weight excluding hydrogens is 348 g/mol. The average molecular weight is 366 g/mol. The molecule has 0 spiro atoms. The molecule has 7 heteroatoms. The first kappa shape index (κ1) is 18.3. The third kappa shape index (κ3) is 4.03. The molecule has 0 atom stereocenters. The molecule has 0 unspecified atom stereocenters. The number of aryl methyl sites for hydroxylation is 1. The Hall–Kier alpha value is -3.48. The Morgan fingerprint density at radius 1 is 0.963 bits per heavy atom. The van der Waals surface area contributed by atoms with E-state index >= 15 is 0 Å². The van der Waals surface area contributed by atoms with Crippen LogP contribution in [0.5, 0.6) is 0 Å². The van der Waals surface area contributed by atoms with E-state index < -0.39 is 36.8 Å². The second-order valence-electron chi connectivity index (χ2n) is 6.00. The molecule has 0 saturated heterocycles. The number of esters is 1. The van der Waals surface area contributed by atoms with E-state index in [1.165, 1.54) is 12.1 Å². The van der Waals surface area contributed by atoms with E-state index in [-0.39, 0.29) is 11.1 Å². The van der Waals surface area contributed by atoms with Crippen LogP contribution in [0, 0.1) is 0 Å². The van der Waals surface area contributed by atoms with Gasteiger partial charge in [-0.1, -0.05) is 31.2 Å². The average Bonchev–Trinajstić information content (AvgIpc) is 2.92. The molecule has 2 aromatic carbocycles. The number of amides is 3. The van der Waals surface area contributed by atoms with Crippen LogP contribution in [-0.4, -0.2) is 41.7 Å². The molecule has 0 radical (unpaired) electrons. The SMILES string of the molecule is CCc1ccc(NC(=O)COC(=O)CN2C(=O)c3ccccc3C2=O)cc1. The lowest BCUT2D eigenvalue weighted by atomic mass is 10.1. The largest absolute Gasteiger partial charge is 0.454 e. The summed E-state index contributed by atoms with van der Waals surface area (Å²) in [4.78, 5) is 49.0. The minimum absolute atomic E-state index is 0.253. The van der Waals surface area contributed by atoms with Crippen molar-refractivity contribution in [3.8, 4) is 0 Å². The highest BCUT2D eigenvalue weighted by atomic mass is 16.5. The van der Waals surface area contributed by atoms with Gasteiger partial charge in [-0.3, -0.25) is 24.1 Å². The molecule has 7 nitrogen and oxygen atoms in total. The predicted molar refractivity (Wildman–Crippen MR) is 97.2 cm³/mol. The highest BCUT2D eigenvalue weighted by Gasteiger charge is 2.36. The third-order valence-corrected chi connectivity index (χ3v) is 4.18. The Labute approximate surface area is 155 Å². The van der Waals surface area contributed by atoms with Gasteiger partial charge in [0.05, 0.1) is 11.1 Å². The number of hydrogen-bond acceptors (Lipinski definition) is 5. The standard InChI is InChI=1S/C20H18N2O5/c1-2-13-7-9-14(10-8-13)21-17(23)12-27-18(24)11-22-19(25)15-5-3-4-6-16(15)20(22)26/h3-10H,2,11-12H2,1H3,(H,21,23). The lowest BCUT2D eigenvalue weighted by Gasteiger charge is -2.13. The Kier molecular flexibility index (Phi) is 5.30. The van der Waals surface area contributed by atoms with E-state index in [2.05, 4.69) is 5.32 Å². The molecule has 0 aliphatic carbocycles. The zero-order chi connectivity index (χ0) is 19.4. The Balaban J connectivity index is 1.50. The number of hydrogen-bond donors (Lipinski definition) is 1. The van der Waals surface area contributed by atoms with Crippen molar-refractivity contribution in [1.29, 1.82) is 0 Å². The smallest absolute Gasteiger partial charge is 0.326 e. The molecule has 0 fully saturated rings. The minimum atomic E-state index is -0.832. The van der Waals surface area contributed by atoms with Gasteiger partial charge in [-0.05, 0) is 36.2 Å². The summed E-state index contributed by atoms with van der Waals surface area (Å²) in [7, 11) is 0. The molecule has 2 aromatic rings. The van der Waals surface area contributed by atoms with Crippen molar-refractivity contribution in [2.45, 2.75) is 13.3 Å². The molecule has 0 saturated carbocycles. The first-order chi connectivity index (χ1) is 13.0. The zero-order valence-electron chi connectivity index (χ0n) is 14.7. The number of fused-ring (bicyclic) bond motifs is 1. The van der Waals surface area contributed by atoms with Crippen molar-refractivity contribution in [2.75, 3.05) is 18.5 Å². The summed E-state index contributed by atoms with van der Waals surface area (Å²) < 4.78 is 4.88. The maximum Gasteiger partial charge on any atom is 0.326 e. The van der Waals surface area contributed by atoms with Crippen molar-refractivity contribution in [3.63, 3.8) is 0 Å². The van der Waals surface area contributed by atoms with E-state index in [4.69, 9.17) is 4.74 Å². The molecule has 0 aromatic heterocycles. The first-order valence-corrected chi connectivity index (χ1v) is 8.49. The molecule has 3 rings (SSSR count). The normalized spacial score (nSPS) is 12.7. The maximum absolute atomic E-state index is 12.2. The van der Waals surface area contributed by atoms with Gasteiger partial charge in [-0.25, -0.2) is 0 Å². The second kappa shape index (κ2) is 7.82. The van der Waals surface area contributed by atoms with Gasteiger partial charge in [-0.15, -0.1) is 0 Å². The van der Waals surface area contributed by atoms with E-state index in [1.807, 2.05) is 19.1 Å². The van der Waals surface area contributed by atoms with Gasteiger partial charge in [-0.2, -0.15) is 0 Å². The van der Waals surface area contributed by atoms with Crippen LogP contribution in [0.25, 0.3) is 0 Å². The van der Waals surface area contributed by atoms with Crippen LogP contribution in [0.1, 0.15) is 33.2 Å². The fourth-order valence-corrected chi connectivity index (χ4v) is 2.72. The van der Waals surface area contributed by atoms with Crippen molar-refractivity contribution in [3.05, 3.63) is 65.2 Å². The van der Waals surface area contributed by atoms with Crippen molar-refractivity contribution < 1.29 is 23.9 Å². The quantitative estimate of drug-likeness (QED) is 0.624. The summed E-state index contributed by atoms with van der Waals surface area (Å²) >= 11 is 0. The third-order valence-electron chi connectivity index (χ3n) is 4.18. The van der Waals surface area contributed by atoms with Crippen LogP contribution in [0.3, 0.4) is 0 Å². The van der Waals surface area contributed by atoms with Gasteiger partial charge < -0.3 is 10.1 Å². The monoisotopic (exact) mass is 366 g/mol. The molecule has 138 valence electrons. The van der Waals surface area contributed by atoms with Crippen LogP contribution >= 0.6 is 0 Å². The van der Waals surface area contributed by atoms with E-state index in [9.17, 15) is 19.2 Å². The molecular formula is C20H18N2O5. The Morgan fingerprint density at radius 2 is 1.56 bits per heavy atom. The van der Waals surface area contributed by atoms with Gasteiger partial charge >= 0.3 is 5.97 Å². The van der Waals surface area contributed by atoms with Gasteiger partial charge in [0.1, 0.15) is 6.54 Å². The molecule has 0 bridgehead atoms. The van der Waals surface area contributed by atoms with Crippen LogP contribution in [0.15, 0.2) is 48.5 Å². The summed E-state index contributed by atoms with van der Waals surface area (Å²) in [5, 5.41) is 2.61. The van der Waals surface area contributed by atoms with Gasteiger partial charge in [0.25, 0.3) is 17.7 Å². The number of nitrogens with one attached hydrogen (secondary N) is 1. The number of nitrogens with zero attached hydrogens (tertiary/aromatic N) is 1. The second-order valence-corrected chi connectivity index (χ2v) is 6.00. The molecule has 1 aliphatic heterocycles. The summed E-state index contributed by atoms with van der Waals surface area (Å²) in [6, 6.07) is 13.6. The van der Waals surface area contributed by atoms with Gasteiger partial charge in [0, 0.05) is 5.69 Å². The van der Waals surface area contributed by atoms with Gasteiger partial charge in [0.15, 0.2) is 6.61 Å². The van der Waals surface area contributed by atoms with Crippen molar-refractivity contribution in [2.24, 2.45) is 0 Å². The highest BCUT2D eigenvalue weighted by molar-refractivity contribution is 6.22. The Morgan fingerprint density at radius 3 is 2.11 bits per heavy atom. The number of anilines is 1. The number of ether oxygens (including phenoxy) is 1. The number of carbonyl (C=O) groups is 4. The van der Waals surface area contributed by atoms with E-state index in [1.54, 1.807) is 24.3 Å². The molecule has 27 heavy (non-hydrogen) atoms. The van der Waals surface area contributed by atoms with Crippen molar-refractivity contribution in [1.82, 2.24) is 4.90 Å². The first-order valence-electron chi connectivity index (χ1n) is 8.49. The number of rotatable bonds is 6. The summed E-state index contributed by atoms with van der Waals surface area (Å²) in [5.74, 6) is -2.43. The number of benzene rings is 2. The molecule has 1 heterocycles. The molecule has 1 aliphatic rings. The topological polar surface area (TPSA) is 92.8 Å². The highest BCUT2D eigenvalue weighted by Crippen LogP contribution is 2.22. The Bertz CT molecular complexity index is 870. The number of imide groups is 1. The molecule has 3 amide bonds. The molecule has 1 N–H and O–H groups in total. The summed E-state index contributed by atoms with van der Waals surface area (Å²) in [5.41, 5.74) is 2.24. The number of carbonyl (C=O) groups excluding carboxylic acids is 4. The lowest BCUT2D eigenvalue weighted by Crippen LogP contribution is -2.36. The predicted octanol–water partition coefficient (Wildman–Crippen LogP) is 2.03. The van der Waals surface area contributed by atoms with E-state index in [0.29, 0.717) is 5.69 Å². The van der Waals surface area contributed by atoms with Crippen molar-refractivity contribution >= 4 is 29.4 Å². The van der Waals surface area contributed by atoms with E-state index in [0.717, 1.165) is 16.9 Å². The minimum Gasteiger partial charge on any atom is -0.454 e. The van der Waals surface area contributed by atoms with Crippen LogP contribution in [0.4, 0.5) is 5.69 Å². The van der Waals surface area contributed by atoms with Crippen LogP contribution in [0.2, 0.25) is 0 Å². The zero-order valence-corrected chi connectivity index (χ0v) is 14.7. The van der Waals surface area contributed by atoms with Crippen LogP contribution in [-0.2, 0) is 20.7 Å². The fraction of sp³-hybridized carbons (Fsp3) is 0.200.